The van der Waals surface area contributed by atoms with Gasteiger partial charge in [-0.05, 0) is 32.3 Å². The molecular weight excluding hydrogens is 200 g/mol. The van der Waals surface area contributed by atoms with E-state index in [1.54, 1.807) is 13.8 Å². The number of nitrogens with two attached hydrogens (primary N) is 1. The van der Waals surface area contributed by atoms with Crippen molar-refractivity contribution in [1.29, 1.82) is 0 Å². The minimum Gasteiger partial charge on any atom is -0.355 e. The summed E-state index contributed by atoms with van der Waals surface area (Å²) >= 11 is 0. The molecule has 0 saturated carbocycles. The lowest BCUT2D eigenvalue weighted by Crippen LogP contribution is -2.49. The van der Waals surface area contributed by atoms with E-state index in [0.29, 0.717) is 6.54 Å². The van der Waals surface area contributed by atoms with Crippen LogP contribution in [0.5, 0.6) is 0 Å². The maximum atomic E-state index is 11.4. The largest absolute Gasteiger partial charge is 0.355 e. The Hall–Kier alpha value is -1.35. The molecule has 3 heteroatoms. The molecule has 0 unspecified atom stereocenters. The lowest BCUT2D eigenvalue weighted by atomic mass is 10.1. The van der Waals surface area contributed by atoms with Crippen molar-refractivity contribution in [3.63, 3.8) is 0 Å². The molecule has 1 amide bonds. The fourth-order valence-electron chi connectivity index (χ4n) is 1.37. The molecule has 1 aromatic rings. The quantitative estimate of drug-likeness (QED) is 0.738. The van der Waals surface area contributed by atoms with Crippen LogP contribution in [-0.2, 0) is 11.2 Å². The van der Waals surface area contributed by atoms with E-state index in [2.05, 4.69) is 17.4 Å². The average molecular weight is 220 g/mol. The first-order valence-electron chi connectivity index (χ1n) is 5.61. The normalized spacial score (nSPS) is 11.2. The topological polar surface area (TPSA) is 55.1 Å². The third-order valence-electron chi connectivity index (χ3n) is 2.36. The number of hydrogen-bond acceptors (Lipinski definition) is 2. The Morgan fingerprint density at radius 3 is 2.50 bits per heavy atom. The summed E-state index contributed by atoms with van der Waals surface area (Å²) in [6, 6.07) is 10.2. The first kappa shape index (κ1) is 12.7. The van der Waals surface area contributed by atoms with Crippen LogP contribution in [-0.4, -0.2) is 18.0 Å². The highest BCUT2D eigenvalue weighted by Gasteiger charge is 2.20. The fourth-order valence-corrected chi connectivity index (χ4v) is 1.37. The van der Waals surface area contributed by atoms with E-state index in [0.717, 1.165) is 12.8 Å². The van der Waals surface area contributed by atoms with Crippen LogP contribution in [0.15, 0.2) is 30.3 Å². The molecule has 3 N–H and O–H groups in total. The Labute approximate surface area is 97.0 Å². The maximum absolute atomic E-state index is 11.4. The van der Waals surface area contributed by atoms with Crippen molar-refractivity contribution < 1.29 is 4.79 Å². The van der Waals surface area contributed by atoms with Crippen LogP contribution in [0.2, 0.25) is 0 Å². The first-order chi connectivity index (χ1) is 7.50. The summed E-state index contributed by atoms with van der Waals surface area (Å²) in [5.74, 6) is -0.0967. The summed E-state index contributed by atoms with van der Waals surface area (Å²) < 4.78 is 0. The number of benzene rings is 1. The Balaban J connectivity index is 2.20. The molecule has 1 rings (SSSR count). The van der Waals surface area contributed by atoms with Crippen LogP contribution >= 0.6 is 0 Å². The monoisotopic (exact) mass is 220 g/mol. The molecule has 0 radical (unpaired) electrons. The second-order valence-electron chi connectivity index (χ2n) is 4.57. The van der Waals surface area contributed by atoms with Crippen LogP contribution in [0.4, 0.5) is 0 Å². The molecule has 16 heavy (non-hydrogen) atoms. The van der Waals surface area contributed by atoms with Gasteiger partial charge in [0.05, 0.1) is 5.54 Å². The zero-order chi connectivity index (χ0) is 12.0. The Bertz CT molecular complexity index is 328. The fraction of sp³-hybridized carbons (Fsp3) is 0.462. The van der Waals surface area contributed by atoms with E-state index in [1.807, 2.05) is 18.2 Å². The van der Waals surface area contributed by atoms with Gasteiger partial charge in [-0.3, -0.25) is 4.79 Å². The summed E-state index contributed by atoms with van der Waals surface area (Å²) in [7, 11) is 0. The van der Waals surface area contributed by atoms with Gasteiger partial charge >= 0.3 is 0 Å². The van der Waals surface area contributed by atoms with Crippen molar-refractivity contribution >= 4 is 5.91 Å². The number of amides is 1. The van der Waals surface area contributed by atoms with Gasteiger partial charge in [0, 0.05) is 6.54 Å². The van der Waals surface area contributed by atoms with Gasteiger partial charge in [0.1, 0.15) is 0 Å². The smallest absolute Gasteiger partial charge is 0.239 e. The number of carbonyl (C=O) groups excluding carboxylic acids is 1. The van der Waals surface area contributed by atoms with Crippen molar-refractivity contribution in [1.82, 2.24) is 5.32 Å². The summed E-state index contributed by atoms with van der Waals surface area (Å²) in [6.07, 6.45) is 1.91. The Morgan fingerprint density at radius 1 is 1.31 bits per heavy atom. The van der Waals surface area contributed by atoms with Crippen LogP contribution in [0.3, 0.4) is 0 Å². The number of rotatable bonds is 5. The SMILES string of the molecule is CC(C)(N)C(=O)NCCCc1ccccc1. The zero-order valence-corrected chi connectivity index (χ0v) is 9.99. The molecule has 0 spiro atoms. The van der Waals surface area contributed by atoms with E-state index in [9.17, 15) is 4.79 Å². The lowest BCUT2D eigenvalue weighted by Gasteiger charge is -2.17. The Kier molecular flexibility index (Phi) is 4.50. The molecule has 0 saturated heterocycles. The van der Waals surface area contributed by atoms with Gasteiger partial charge in [0.15, 0.2) is 0 Å². The second kappa shape index (κ2) is 5.66. The molecule has 0 bridgehead atoms. The molecule has 0 aromatic heterocycles. The predicted octanol–water partition coefficient (Wildman–Crippen LogP) is 1.47. The number of aryl methyl sites for hydroxylation is 1. The number of hydrogen-bond donors (Lipinski definition) is 2. The summed E-state index contributed by atoms with van der Waals surface area (Å²) in [4.78, 5) is 11.4. The van der Waals surface area contributed by atoms with E-state index in [-0.39, 0.29) is 5.91 Å². The van der Waals surface area contributed by atoms with Crippen LogP contribution in [0.1, 0.15) is 25.8 Å². The first-order valence-corrected chi connectivity index (χ1v) is 5.61. The minimum atomic E-state index is -0.785. The van der Waals surface area contributed by atoms with Crippen molar-refractivity contribution in [3.05, 3.63) is 35.9 Å². The summed E-state index contributed by atoms with van der Waals surface area (Å²) in [6.45, 7) is 4.09. The standard InChI is InChI=1S/C13H20N2O/c1-13(2,14)12(16)15-10-6-9-11-7-4-3-5-8-11/h3-5,7-8H,6,9-10,14H2,1-2H3,(H,15,16). The van der Waals surface area contributed by atoms with E-state index >= 15 is 0 Å². The Morgan fingerprint density at radius 2 is 1.94 bits per heavy atom. The van der Waals surface area contributed by atoms with Crippen LogP contribution in [0.25, 0.3) is 0 Å². The van der Waals surface area contributed by atoms with Crippen LogP contribution in [0, 0.1) is 0 Å². The van der Waals surface area contributed by atoms with Gasteiger partial charge in [-0.1, -0.05) is 30.3 Å². The van der Waals surface area contributed by atoms with Crippen molar-refractivity contribution in [3.8, 4) is 0 Å². The summed E-state index contributed by atoms with van der Waals surface area (Å²) in [5.41, 5.74) is 6.17. The van der Waals surface area contributed by atoms with Gasteiger partial charge in [0.25, 0.3) is 0 Å². The van der Waals surface area contributed by atoms with Gasteiger partial charge in [0.2, 0.25) is 5.91 Å². The molecule has 88 valence electrons. The average Bonchev–Trinajstić information content (AvgIpc) is 2.24. The van der Waals surface area contributed by atoms with E-state index in [1.165, 1.54) is 5.56 Å². The molecule has 0 atom stereocenters. The van der Waals surface area contributed by atoms with E-state index < -0.39 is 5.54 Å². The van der Waals surface area contributed by atoms with Gasteiger partial charge in [-0.15, -0.1) is 0 Å². The molecule has 3 nitrogen and oxygen atoms in total. The van der Waals surface area contributed by atoms with Crippen LogP contribution < -0.4 is 11.1 Å². The van der Waals surface area contributed by atoms with Gasteiger partial charge < -0.3 is 11.1 Å². The second-order valence-corrected chi connectivity index (χ2v) is 4.57. The molecule has 1 aromatic carbocycles. The molecule has 0 aliphatic carbocycles. The molecule has 0 aliphatic heterocycles. The van der Waals surface area contributed by atoms with E-state index in [4.69, 9.17) is 5.73 Å². The molecule has 0 fully saturated rings. The van der Waals surface area contributed by atoms with Crippen molar-refractivity contribution in [2.24, 2.45) is 5.73 Å². The third kappa shape index (κ3) is 4.45. The molecular formula is C13H20N2O. The number of nitrogens with one attached hydrogen (secondary N) is 1. The van der Waals surface area contributed by atoms with Gasteiger partial charge in [-0.25, -0.2) is 0 Å². The molecule has 0 heterocycles. The highest BCUT2D eigenvalue weighted by atomic mass is 16.2. The molecule has 0 aliphatic rings. The number of carbonyl (C=O) groups is 1. The zero-order valence-electron chi connectivity index (χ0n) is 9.99. The van der Waals surface area contributed by atoms with Crippen molar-refractivity contribution in [2.75, 3.05) is 6.54 Å². The third-order valence-corrected chi connectivity index (χ3v) is 2.36. The van der Waals surface area contributed by atoms with Crippen molar-refractivity contribution in [2.45, 2.75) is 32.2 Å². The highest BCUT2D eigenvalue weighted by Crippen LogP contribution is 2.02. The summed E-state index contributed by atoms with van der Waals surface area (Å²) in [5, 5.41) is 2.83. The lowest BCUT2D eigenvalue weighted by molar-refractivity contribution is -0.125. The highest BCUT2D eigenvalue weighted by molar-refractivity contribution is 5.84. The minimum absolute atomic E-state index is 0.0967. The maximum Gasteiger partial charge on any atom is 0.239 e. The predicted molar refractivity (Wildman–Crippen MR) is 66.0 cm³/mol. The van der Waals surface area contributed by atoms with Gasteiger partial charge in [-0.2, -0.15) is 0 Å².